The van der Waals surface area contributed by atoms with Gasteiger partial charge in [0.1, 0.15) is 17.2 Å². The largest absolute Gasteiger partial charge is 0.545 e. The molecular weight excluding hydrogens is 342 g/mol. The number of ether oxygens (including phenoxy) is 3. The molecule has 0 aliphatic carbocycles. The monoisotopic (exact) mass is 358 g/mol. The highest BCUT2D eigenvalue weighted by molar-refractivity contribution is 6.00. The molecule has 8 nitrogen and oxygen atoms in total. The summed E-state index contributed by atoms with van der Waals surface area (Å²) in [6, 6.07) is 10.4. The van der Waals surface area contributed by atoms with E-state index in [2.05, 4.69) is 5.32 Å². The Labute approximate surface area is 149 Å². The van der Waals surface area contributed by atoms with Crippen LogP contribution in [0, 0.1) is 0 Å². The minimum Gasteiger partial charge on any atom is -0.545 e. The van der Waals surface area contributed by atoms with Crippen LogP contribution in [-0.2, 0) is 9.59 Å². The van der Waals surface area contributed by atoms with Gasteiger partial charge in [0.2, 0.25) is 0 Å². The van der Waals surface area contributed by atoms with Crippen LogP contribution in [-0.4, -0.2) is 31.6 Å². The molecule has 0 aromatic heterocycles. The third-order valence-electron chi connectivity index (χ3n) is 3.18. The molecule has 0 aliphatic heterocycles. The van der Waals surface area contributed by atoms with Gasteiger partial charge < -0.3 is 29.4 Å². The lowest BCUT2D eigenvalue weighted by molar-refractivity contribution is -0.254. The van der Waals surface area contributed by atoms with Crippen LogP contribution in [0.4, 0.5) is 5.69 Å². The van der Waals surface area contributed by atoms with Crippen molar-refractivity contribution >= 4 is 23.5 Å². The number of methoxy groups -OCH3 is 1. The second-order valence-electron chi connectivity index (χ2n) is 5.10. The highest BCUT2D eigenvalue weighted by Crippen LogP contribution is 2.22. The van der Waals surface area contributed by atoms with Crippen LogP contribution < -0.4 is 24.6 Å². The number of amides is 1. The SMILES string of the molecule is COc1ccc(OCC(=O)Nc2ccc(OC(C)=O)cc2C(=O)[O-])cc1. The quantitative estimate of drug-likeness (QED) is 0.580. The lowest BCUT2D eigenvalue weighted by atomic mass is 10.1. The number of aromatic carboxylic acids is 1. The van der Waals surface area contributed by atoms with Crippen LogP contribution in [0.2, 0.25) is 0 Å². The molecule has 2 aromatic rings. The van der Waals surface area contributed by atoms with E-state index in [-0.39, 0.29) is 23.6 Å². The zero-order valence-corrected chi connectivity index (χ0v) is 14.1. The van der Waals surface area contributed by atoms with Gasteiger partial charge in [0, 0.05) is 12.5 Å². The normalized spacial score (nSPS) is 9.92. The Balaban J connectivity index is 2.02. The summed E-state index contributed by atoms with van der Waals surface area (Å²) in [5, 5.41) is 13.7. The summed E-state index contributed by atoms with van der Waals surface area (Å²) in [5.74, 6) is -1.56. The van der Waals surface area contributed by atoms with Gasteiger partial charge in [-0.15, -0.1) is 0 Å². The average molecular weight is 358 g/mol. The maximum Gasteiger partial charge on any atom is 0.308 e. The molecule has 0 atom stereocenters. The second kappa shape index (κ2) is 8.52. The first kappa shape index (κ1) is 18.8. The maximum absolute atomic E-state index is 12.0. The van der Waals surface area contributed by atoms with E-state index >= 15 is 0 Å². The van der Waals surface area contributed by atoms with Crippen molar-refractivity contribution in [3.63, 3.8) is 0 Å². The molecular formula is C18H16NO7-. The van der Waals surface area contributed by atoms with Crippen molar-refractivity contribution in [2.45, 2.75) is 6.92 Å². The van der Waals surface area contributed by atoms with Gasteiger partial charge in [0.15, 0.2) is 6.61 Å². The van der Waals surface area contributed by atoms with Crippen molar-refractivity contribution in [3.8, 4) is 17.2 Å². The number of benzene rings is 2. The molecule has 0 fully saturated rings. The molecule has 0 saturated carbocycles. The first-order valence-electron chi connectivity index (χ1n) is 7.49. The number of esters is 1. The Morgan fingerprint density at radius 3 is 2.19 bits per heavy atom. The summed E-state index contributed by atoms with van der Waals surface area (Å²) >= 11 is 0. The summed E-state index contributed by atoms with van der Waals surface area (Å²) in [5.41, 5.74) is -0.314. The number of nitrogens with one attached hydrogen (secondary N) is 1. The van der Waals surface area contributed by atoms with Crippen molar-refractivity contribution in [2.75, 3.05) is 19.0 Å². The van der Waals surface area contributed by atoms with Gasteiger partial charge in [-0.1, -0.05) is 0 Å². The van der Waals surface area contributed by atoms with Crippen LogP contribution >= 0.6 is 0 Å². The lowest BCUT2D eigenvalue weighted by Gasteiger charge is -2.14. The Bertz CT molecular complexity index is 815. The summed E-state index contributed by atoms with van der Waals surface area (Å²) in [4.78, 5) is 34.2. The number of rotatable bonds is 7. The predicted molar refractivity (Wildman–Crippen MR) is 89.2 cm³/mol. The van der Waals surface area contributed by atoms with Crippen molar-refractivity contribution in [2.24, 2.45) is 0 Å². The fraction of sp³-hybridized carbons (Fsp3) is 0.167. The van der Waals surface area contributed by atoms with E-state index in [9.17, 15) is 19.5 Å². The number of hydrogen-bond acceptors (Lipinski definition) is 7. The number of carboxylic acid groups (broad SMARTS) is 1. The minimum atomic E-state index is -1.52. The highest BCUT2D eigenvalue weighted by Gasteiger charge is 2.11. The first-order chi connectivity index (χ1) is 12.4. The van der Waals surface area contributed by atoms with Gasteiger partial charge in [-0.25, -0.2) is 0 Å². The van der Waals surface area contributed by atoms with Crippen LogP contribution in [0.5, 0.6) is 17.2 Å². The molecule has 0 bridgehead atoms. The number of anilines is 1. The fourth-order valence-corrected chi connectivity index (χ4v) is 2.04. The lowest BCUT2D eigenvalue weighted by Crippen LogP contribution is -2.26. The van der Waals surface area contributed by atoms with Gasteiger partial charge in [-0.05, 0) is 42.5 Å². The molecule has 8 heteroatoms. The third-order valence-corrected chi connectivity index (χ3v) is 3.18. The van der Waals surface area contributed by atoms with Crippen LogP contribution in [0.1, 0.15) is 17.3 Å². The van der Waals surface area contributed by atoms with Gasteiger partial charge in [0.25, 0.3) is 5.91 Å². The van der Waals surface area contributed by atoms with E-state index in [0.29, 0.717) is 11.5 Å². The van der Waals surface area contributed by atoms with Gasteiger partial charge in [-0.2, -0.15) is 0 Å². The molecule has 2 aromatic carbocycles. The van der Waals surface area contributed by atoms with Gasteiger partial charge in [-0.3, -0.25) is 9.59 Å². The zero-order valence-electron chi connectivity index (χ0n) is 14.1. The molecule has 0 spiro atoms. The topological polar surface area (TPSA) is 114 Å². The van der Waals surface area contributed by atoms with Gasteiger partial charge in [0.05, 0.1) is 18.8 Å². The Morgan fingerprint density at radius 1 is 1.00 bits per heavy atom. The van der Waals surface area contributed by atoms with Crippen molar-refractivity contribution < 1.29 is 33.7 Å². The number of hydrogen-bond donors (Lipinski definition) is 1. The summed E-state index contributed by atoms with van der Waals surface area (Å²) in [6.45, 7) is 0.857. The molecule has 1 N–H and O–H groups in total. The summed E-state index contributed by atoms with van der Waals surface area (Å²) < 4.78 is 15.1. The summed E-state index contributed by atoms with van der Waals surface area (Å²) in [6.07, 6.45) is 0. The molecule has 0 unspecified atom stereocenters. The number of carboxylic acids is 1. The van der Waals surface area contributed by atoms with Crippen LogP contribution in [0.25, 0.3) is 0 Å². The molecule has 26 heavy (non-hydrogen) atoms. The van der Waals surface area contributed by atoms with Crippen molar-refractivity contribution in [3.05, 3.63) is 48.0 Å². The van der Waals surface area contributed by atoms with E-state index in [1.807, 2.05) is 0 Å². The van der Waals surface area contributed by atoms with Crippen molar-refractivity contribution in [1.29, 1.82) is 0 Å². The predicted octanol–water partition coefficient (Wildman–Crippen LogP) is 1.00. The van der Waals surface area contributed by atoms with Crippen LogP contribution in [0.3, 0.4) is 0 Å². The second-order valence-corrected chi connectivity index (χ2v) is 5.10. The Morgan fingerprint density at radius 2 is 1.62 bits per heavy atom. The van der Waals surface area contributed by atoms with E-state index in [0.717, 1.165) is 6.07 Å². The standard InChI is InChI=1S/C18H17NO7/c1-11(20)26-14-7-8-16(15(9-14)18(22)23)19-17(21)10-25-13-5-3-12(24-2)4-6-13/h3-9H,10H2,1-2H3,(H,19,21)(H,22,23)/p-1. The molecule has 0 radical (unpaired) electrons. The van der Waals surface area contributed by atoms with Gasteiger partial charge >= 0.3 is 5.97 Å². The van der Waals surface area contributed by atoms with E-state index in [4.69, 9.17) is 14.2 Å². The molecule has 0 aliphatic rings. The maximum atomic E-state index is 12.0. The first-order valence-corrected chi connectivity index (χ1v) is 7.49. The number of carbonyl (C=O) groups is 3. The minimum absolute atomic E-state index is 0.00392. The highest BCUT2D eigenvalue weighted by atomic mass is 16.5. The van der Waals surface area contributed by atoms with Crippen molar-refractivity contribution in [1.82, 2.24) is 0 Å². The molecule has 136 valence electrons. The smallest absolute Gasteiger partial charge is 0.308 e. The van der Waals surface area contributed by atoms with E-state index in [1.165, 1.54) is 26.2 Å². The summed E-state index contributed by atoms with van der Waals surface area (Å²) in [7, 11) is 1.53. The fourth-order valence-electron chi connectivity index (χ4n) is 2.04. The van der Waals surface area contributed by atoms with Crippen LogP contribution in [0.15, 0.2) is 42.5 Å². The van der Waals surface area contributed by atoms with E-state index < -0.39 is 17.8 Å². The average Bonchev–Trinajstić information content (AvgIpc) is 2.61. The molecule has 0 saturated heterocycles. The Kier molecular flexibility index (Phi) is 6.15. The number of carbonyl (C=O) groups excluding carboxylic acids is 3. The Hall–Kier alpha value is -3.55. The van der Waals surface area contributed by atoms with E-state index in [1.54, 1.807) is 24.3 Å². The third kappa shape index (κ3) is 5.23. The molecule has 1 amide bonds. The zero-order chi connectivity index (χ0) is 19.1. The molecule has 0 heterocycles. The molecule has 2 rings (SSSR count).